The number of carbonyl (C=O) groups excluding carboxylic acids is 1. The van der Waals surface area contributed by atoms with Crippen molar-refractivity contribution in [2.45, 2.75) is 0 Å². The van der Waals surface area contributed by atoms with Crippen LogP contribution in [0, 0.1) is 0 Å². The maximum absolute atomic E-state index is 11.5. The van der Waals surface area contributed by atoms with Gasteiger partial charge in [0.25, 0.3) is 0 Å². The lowest BCUT2D eigenvalue weighted by Crippen LogP contribution is -2.18. The summed E-state index contributed by atoms with van der Waals surface area (Å²) in [5.74, 6) is 0.0931. The number of nitrogens with one attached hydrogen (secondary N) is 1. The maximum Gasteiger partial charge on any atom is 0.176 e. The first-order chi connectivity index (χ1) is 6.81. The second-order valence-corrected chi connectivity index (χ2v) is 3.13. The van der Waals surface area contributed by atoms with Gasteiger partial charge in [-0.25, -0.2) is 0 Å². The smallest absolute Gasteiger partial charge is 0.176 e. The van der Waals surface area contributed by atoms with Crippen LogP contribution in [-0.4, -0.2) is 19.4 Å². The molecule has 72 valence electrons. The van der Waals surface area contributed by atoms with Crippen molar-refractivity contribution in [2.75, 3.05) is 13.6 Å². The average Bonchev–Trinajstić information content (AvgIpc) is 2.64. The van der Waals surface area contributed by atoms with Crippen molar-refractivity contribution in [3.63, 3.8) is 0 Å². The molecule has 14 heavy (non-hydrogen) atoms. The Morgan fingerprint density at radius 2 is 2.29 bits per heavy atom. The summed E-state index contributed by atoms with van der Waals surface area (Å²) in [5, 5.41) is 3.80. The normalized spacial score (nSPS) is 10.6. The summed E-state index contributed by atoms with van der Waals surface area (Å²) in [5.41, 5.74) is 1.53. The van der Waals surface area contributed by atoms with Crippen LogP contribution in [0.25, 0.3) is 11.0 Å². The first-order valence-electron chi connectivity index (χ1n) is 4.46. The molecule has 1 N–H and O–H groups in total. The van der Waals surface area contributed by atoms with Crippen LogP contribution in [0.15, 0.2) is 34.9 Å². The molecule has 0 bridgehead atoms. The number of furan rings is 1. The molecular formula is C11H11NO2. The highest BCUT2D eigenvalue weighted by Crippen LogP contribution is 2.16. The van der Waals surface area contributed by atoms with Gasteiger partial charge in [-0.2, -0.15) is 0 Å². The standard InChI is InChI=1S/C11H11NO2/c1-12-7-10(13)8-2-3-11-9(6-8)4-5-14-11/h2-6,12H,7H2,1H3. The number of rotatable bonds is 3. The Bertz CT molecular complexity index is 459. The Hall–Kier alpha value is -1.61. The second kappa shape index (κ2) is 3.64. The van der Waals surface area contributed by atoms with Gasteiger partial charge in [0.05, 0.1) is 12.8 Å². The highest BCUT2D eigenvalue weighted by Gasteiger charge is 2.05. The molecule has 0 aliphatic heterocycles. The highest BCUT2D eigenvalue weighted by atomic mass is 16.3. The van der Waals surface area contributed by atoms with Crippen molar-refractivity contribution in [1.29, 1.82) is 0 Å². The molecule has 3 heteroatoms. The third-order valence-electron chi connectivity index (χ3n) is 2.11. The van der Waals surface area contributed by atoms with E-state index in [9.17, 15) is 4.79 Å². The summed E-state index contributed by atoms with van der Waals surface area (Å²) >= 11 is 0. The van der Waals surface area contributed by atoms with Gasteiger partial charge in [-0.1, -0.05) is 0 Å². The largest absolute Gasteiger partial charge is 0.464 e. The van der Waals surface area contributed by atoms with Gasteiger partial charge < -0.3 is 9.73 Å². The molecular weight excluding hydrogens is 178 g/mol. The third-order valence-corrected chi connectivity index (χ3v) is 2.11. The Morgan fingerprint density at radius 1 is 1.43 bits per heavy atom. The zero-order chi connectivity index (χ0) is 9.97. The monoisotopic (exact) mass is 189 g/mol. The van der Waals surface area contributed by atoms with Crippen LogP contribution in [-0.2, 0) is 0 Å². The Balaban J connectivity index is 2.38. The number of Topliss-reactive ketones (excluding diaryl/α,β-unsaturated/α-hetero) is 1. The summed E-state index contributed by atoms with van der Waals surface area (Å²) in [6.45, 7) is 0.364. The lowest BCUT2D eigenvalue weighted by Gasteiger charge is -1.99. The lowest BCUT2D eigenvalue weighted by atomic mass is 10.1. The molecule has 0 fully saturated rings. The minimum Gasteiger partial charge on any atom is -0.464 e. The molecule has 0 saturated carbocycles. The van der Waals surface area contributed by atoms with Gasteiger partial charge in [0.1, 0.15) is 5.58 Å². The van der Waals surface area contributed by atoms with Gasteiger partial charge in [0.15, 0.2) is 5.78 Å². The summed E-state index contributed by atoms with van der Waals surface area (Å²) in [6.07, 6.45) is 1.62. The molecule has 2 rings (SSSR count). The number of fused-ring (bicyclic) bond motifs is 1. The van der Waals surface area contributed by atoms with E-state index < -0.39 is 0 Å². The van der Waals surface area contributed by atoms with E-state index in [1.807, 2.05) is 18.2 Å². The molecule has 1 heterocycles. The van der Waals surface area contributed by atoms with Crippen LogP contribution >= 0.6 is 0 Å². The van der Waals surface area contributed by atoms with Crippen LogP contribution in [0.1, 0.15) is 10.4 Å². The zero-order valence-electron chi connectivity index (χ0n) is 7.91. The minimum atomic E-state index is 0.0931. The summed E-state index contributed by atoms with van der Waals surface area (Å²) < 4.78 is 5.19. The predicted molar refractivity (Wildman–Crippen MR) is 54.5 cm³/mol. The fraction of sp³-hybridized carbons (Fsp3) is 0.182. The zero-order valence-corrected chi connectivity index (χ0v) is 7.91. The van der Waals surface area contributed by atoms with Gasteiger partial charge in [-0.05, 0) is 31.3 Å². The lowest BCUT2D eigenvalue weighted by molar-refractivity contribution is 0.0993. The molecule has 0 aliphatic carbocycles. The van der Waals surface area contributed by atoms with E-state index in [-0.39, 0.29) is 5.78 Å². The fourth-order valence-electron chi connectivity index (χ4n) is 1.40. The van der Waals surface area contributed by atoms with Crippen molar-refractivity contribution in [1.82, 2.24) is 5.32 Å². The minimum absolute atomic E-state index is 0.0931. The first kappa shape index (κ1) is 8.97. The first-order valence-corrected chi connectivity index (χ1v) is 4.46. The Morgan fingerprint density at radius 3 is 3.07 bits per heavy atom. The molecule has 2 aromatic rings. The van der Waals surface area contributed by atoms with E-state index in [0.717, 1.165) is 11.0 Å². The van der Waals surface area contributed by atoms with E-state index in [1.54, 1.807) is 19.4 Å². The van der Waals surface area contributed by atoms with Crippen LogP contribution in [0.4, 0.5) is 0 Å². The fourth-order valence-corrected chi connectivity index (χ4v) is 1.40. The number of carbonyl (C=O) groups is 1. The van der Waals surface area contributed by atoms with Crippen molar-refractivity contribution >= 4 is 16.8 Å². The molecule has 0 amide bonds. The number of benzene rings is 1. The van der Waals surface area contributed by atoms with Gasteiger partial charge in [0.2, 0.25) is 0 Å². The topological polar surface area (TPSA) is 42.2 Å². The maximum atomic E-state index is 11.5. The van der Waals surface area contributed by atoms with E-state index in [4.69, 9.17) is 4.42 Å². The molecule has 1 aromatic heterocycles. The third kappa shape index (κ3) is 1.54. The van der Waals surface area contributed by atoms with Crippen molar-refractivity contribution in [3.8, 4) is 0 Å². The number of hydrogen-bond acceptors (Lipinski definition) is 3. The number of likely N-dealkylation sites (N-methyl/N-ethyl adjacent to an activating group) is 1. The van der Waals surface area contributed by atoms with E-state index in [1.165, 1.54) is 0 Å². The summed E-state index contributed by atoms with van der Waals surface area (Å²) in [4.78, 5) is 11.5. The summed E-state index contributed by atoms with van der Waals surface area (Å²) in [7, 11) is 1.76. The van der Waals surface area contributed by atoms with Crippen LogP contribution in [0.5, 0.6) is 0 Å². The molecule has 0 unspecified atom stereocenters. The van der Waals surface area contributed by atoms with E-state index in [0.29, 0.717) is 12.1 Å². The van der Waals surface area contributed by atoms with Crippen LogP contribution in [0.2, 0.25) is 0 Å². The van der Waals surface area contributed by atoms with Crippen molar-refractivity contribution < 1.29 is 9.21 Å². The quantitative estimate of drug-likeness (QED) is 0.749. The number of ketones is 1. The molecule has 0 aliphatic rings. The van der Waals surface area contributed by atoms with Gasteiger partial charge in [-0.3, -0.25) is 4.79 Å². The second-order valence-electron chi connectivity index (χ2n) is 3.13. The number of hydrogen-bond donors (Lipinski definition) is 1. The summed E-state index contributed by atoms with van der Waals surface area (Å²) in [6, 6.07) is 7.30. The molecule has 1 aromatic carbocycles. The van der Waals surface area contributed by atoms with Crippen molar-refractivity contribution in [2.24, 2.45) is 0 Å². The SMILES string of the molecule is CNCC(=O)c1ccc2occc2c1. The highest BCUT2D eigenvalue weighted by molar-refractivity contribution is 6.00. The van der Waals surface area contributed by atoms with Crippen molar-refractivity contribution in [3.05, 3.63) is 36.1 Å². The Labute approximate surface area is 81.7 Å². The van der Waals surface area contributed by atoms with E-state index in [2.05, 4.69) is 5.32 Å². The van der Waals surface area contributed by atoms with Gasteiger partial charge in [-0.15, -0.1) is 0 Å². The Kier molecular flexibility index (Phi) is 2.33. The van der Waals surface area contributed by atoms with E-state index >= 15 is 0 Å². The predicted octanol–water partition coefficient (Wildman–Crippen LogP) is 1.83. The molecule has 0 radical (unpaired) electrons. The molecule has 0 saturated heterocycles. The molecule has 0 spiro atoms. The average molecular weight is 189 g/mol. The van der Waals surface area contributed by atoms with Gasteiger partial charge in [0, 0.05) is 10.9 Å². The van der Waals surface area contributed by atoms with Gasteiger partial charge >= 0.3 is 0 Å². The molecule has 0 atom stereocenters. The van der Waals surface area contributed by atoms with Crippen LogP contribution in [0.3, 0.4) is 0 Å². The van der Waals surface area contributed by atoms with Crippen LogP contribution < -0.4 is 5.32 Å². The molecule has 3 nitrogen and oxygen atoms in total.